The predicted molar refractivity (Wildman–Crippen MR) is 80.9 cm³/mol. The molecule has 6 nitrogen and oxygen atoms in total. The third kappa shape index (κ3) is 4.51. The van der Waals surface area contributed by atoms with Crippen molar-refractivity contribution in [3.05, 3.63) is 29.3 Å². The summed E-state index contributed by atoms with van der Waals surface area (Å²) in [5.41, 5.74) is 1.51. The van der Waals surface area contributed by atoms with Gasteiger partial charge in [-0.2, -0.15) is 0 Å². The molecular weight excluding hydrogens is 288 g/mol. The van der Waals surface area contributed by atoms with Crippen molar-refractivity contribution in [2.24, 2.45) is 0 Å². The van der Waals surface area contributed by atoms with E-state index in [-0.39, 0.29) is 0 Å². The number of esters is 2. The molecule has 120 valence electrons. The van der Waals surface area contributed by atoms with E-state index in [1.807, 2.05) is 6.92 Å². The number of aryl methyl sites for hydroxylation is 1. The number of rotatable bonds is 6. The van der Waals surface area contributed by atoms with Crippen molar-refractivity contribution < 1.29 is 28.5 Å². The number of hydrogen-bond acceptors (Lipinski definition) is 6. The van der Waals surface area contributed by atoms with Crippen LogP contribution in [0.5, 0.6) is 11.5 Å². The normalized spacial score (nSPS) is 11.9. The first-order valence-corrected chi connectivity index (χ1v) is 6.62. The Kier molecular flexibility index (Phi) is 6.44. The van der Waals surface area contributed by atoms with Gasteiger partial charge in [-0.15, -0.1) is 0 Å². The molecular formula is C16H20O6. The van der Waals surface area contributed by atoms with Crippen molar-refractivity contribution >= 4 is 18.0 Å². The molecule has 22 heavy (non-hydrogen) atoms. The topological polar surface area (TPSA) is 71.1 Å². The van der Waals surface area contributed by atoms with Crippen LogP contribution in [0.4, 0.5) is 0 Å². The minimum absolute atomic E-state index is 0.448. The van der Waals surface area contributed by atoms with Crippen LogP contribution >= 0.6 is 0 Å². The fourth-order valence-corrected chi connectivity index (χ4v) is 1.79. The van der Waals surface area contributed by atoms with Crippen LogP contribution in [0.3, 0.4) is 0 Å². The van der Waals surface area contributed by atoms with E-state index in [4.69, 9.17) is 9.47 Å². The summed E-state index contributed by atoms with van der Waals surface area (Å²) in [4.78, 5) is 22.6. The number of carbonyl (C=O) groups is 2. The van der Waals surface area contributed by atoms with Gasteiger partial charge in [-0.1, -0.05) is 0 Å². The lowest BCUT2D eigenvalue weighted by atomic mass is 10.1. The van der Waals surface area contributed by atoms with Gasteiger partial charge in [0, 0.05) is 6.08 Å². The summed E-state index contributed by atoms with van der Waals surface area (Å²) in [6.45, 7) is 3.41. The standard InChI is InChI=1S/C16H20O6/c1-10-8-12(6-7-14(17)20-4)9-13(19-3)15(10)22-11(2)16(18)21-5/h6-9,11H,1-5H3/b7-6+. The third-order valence-corrected chi connectivity index (χ3v) is 2.92. The molecule has 0 saturated carbocycles. The van der Waals surface area contributed by atoms with E-state index in [2.05, 4.69) is 9.47 Å². The Balaban J connectivity index is 3.08. The Morgan fingerprint density at radius 1 is 1.14 bits per heavy atom. The summed E-state index contributed by atoms with van der Waals surface area (Å²) in [5, 5.41) is 0. The molecule has 0 bridgehead atoms. The van der Waals surface area contributed by atoms with Gasteiger partial charge in [0.15, 0.2) is 17.6 Å². The third-order valence-electron chi connectivity index (χ3n) is 2.92. The second-order valence-electron chi connectivity index (χ2n) is 4.51. The second-order valence-corrected chi connectivity index (χ2v) is 4.51. The Morgan fingerprint density at radius 3 is 2.36 bits per heavy atom. The monoisotopic (exact) mass is 308 g/mol. The van der Waals surface area contributed by atoms with E-state index in [1.54, 1.807) is 25.1 Å². The van der Waals surface area contributed by atoms with Crippen molar-refractivity contribution in [1.29, 1.82) is 0 Å². The van der Waals surface area contributed by atoms with Gasteiger partial charge in [0.25, 0.3) is 0 Å². The molecule has 0 N–H and O–H groups in total. The van der Waals surface area contributed by atoms with Gasteiger partial charge in [-0.05, 0) is 43.2 Å². The molecule has 1 aromatic rings. The van der Waals surface area contributed by atoms with Gasteiger partial charge in [-0.25, -0.2) is 9.59 Å². The van der Waals surface area contributed by atoms with Crippen LogP contribution in [0, 0.1) is 6.92 Å². The highest BCUT2D eigenvalue weighted by Crippen LogP contribution is 2.33. The van der Waals surface area contributed by atoms with Crippen LogP contribution in [-0.4, -0.2) is 39.4 Å². The first kappa shape index (κ1) is 17.6. The fraction of sp³-hybridized carbons (Fsp3) is 0.375. The fourth-order valence-electron chi connectivity index (χ4n) is 1.79. The molecule has 1 unspecified atom stereocenters. The quantitative estimate of drug-likeness (QED) is 0.592. The SMILES string of the molecule is COC(=O)/C=C/c1cc(C)c(OC(C)C(=O)OC)c(OC)c1. The first-order chi connectivity index (χ1) is 10.4. The van der Waals surface area contributed by atoms with Crippen LogP contribution < -0.4 is 9.47 Å². The molecule has 0 fully saturated rings. The van der Waals surface area contributed by atoms with Crippen molar-refractivity contribution in [3.63, 3.8) is 0 Å². The van der Waals surface area contributed by atoms with Gasteiger partial charge < -0.3 is 18.9 Å². The molecule has 0 amide bonds. The van der Waals surface area contributed by atoms with Crippen LogP contribution in [-0.2, 0) is 19.1 Å². The minimum atomic E-state index is -0.755. The maximum Gasteiger partial charge on any atom is 0.346 e. The van der Waals surface area contributed by atoms with E-state index in [1.165, 1.54) is 27.4 Å². The number of hydrogen-bond donors (Lipinski definition) is 0. The number of benzene rings is 1. The summed E-state index contributed by atoms with van der Waals surface area (Å²) < 4.78 is 20.1. The summed E-state index contributed by atoms with van der Waals surface area (Å²) >= 11 is 0. The first-order valence-electron chi connectivity index (χ1n) is 6.62. The molecule has 6 heteroatoms. The Morgan fingerprint density at radius 2 is 1.82 bits per heavy atom. The summed E-state index contributed by atoms with van der Waals surface area (Å²) in [5.74, 6) is -0.0109. The van der Waals surface area contributed by atoms with E-state index in [0.717, 1.165) is 11.1 Å². The van der Waals surface area contributed by atoms with E-state index in [0.29, 0.717) is 11.5 Å². The molecule has 1 atom stereocenters. The zero-order chi connectivity index (χ0) is 16.7. The Labute approximate surface area is 129 Å². The molecule has 0 aliphatic heterocycles. The molecule has 1 rings (SSSR count). The summed E-state index contributed by atoms with van der Waals surface area (Å²) in [7, 11) is 4.11. The number of carbonyl (C=O) groups excluding carboxylic acids is 2. The zero-order valence-electron chi connectivity index (χ0n) is 13.3. The lowest BCUT2D eigenvalue weighted by Gasteiger charge is -2.17. The van der Waals surface area contributed by atoms with E-state index in [9.17, 15) is 9.59 Å². The molecule has 0 aliphatic rings. The lowest BCUT2D eigenvalue weighted by Crippen LogP contribution is -2.25. The largest absolute Gasteiger partial charge is 0.493 e. The number of methoxy groups -OCH3 is 3. The van der Waals surface area contributed by atoms with E-state index >= 15 is 0 Å². The predicted octanol–water partition coefficient (Wildman–Crippen LogP) is 2.13. The number of ether oxygens (including phenoxy) is 4. The van der Waals surface area contributed by atoms with Crippen LogP contribution in [0.25, 0.3) is 6.08 Å². The van der Waals surface area contributed by atoms with Crippen molar-refractivity contribution in [2.45, 2.75) is 20.0 Å². The summed E-state index contributed by atoms with van der Waals surface area (Å²) in [6.07, 6.45) is 2.16. The minimum Gasteiger partial charge on any atom is -0.493 e. The van der Waals surface area contributed by atoms with Crippen LogP contribution in [0.2, 0.25) is 0 Å². The Hall–Kier alpha value is -2.50. The van der Waals surface area contributed by atoms with Gasteiger partial charge >= 0.3 is 11.9 Å². The molecule has 0 radical (unpaired) electrons. The molecule has 0 aliphatic carbocycles. The van der Waals surface area contributed by atoms with Gasteiger partial charge in [0.2, 0.25) is 0 Å². The van der Waals surface area contributed by atoms with Crippen molar-refractivity contribution in [2.75, 3.05) is 21.3 Å². The highest BCUT2D eigenvalue weighted by molar-refractivity contribution is 5.87. The second kappa shape index (κ2) is 8.07. The Bertz CT molecular complexity index is 576. The van der Waals surface area contributed by atoms with Gasteiger partial charge in [0.05, 0.1) is 21.3 Å². The lowest BCUT2D eigenvalue weighted by molar-refractivity contribution is -0.148. The van der Waals surface area contributed by atoms with Crippen molar-refractivity contribution in [3.8, 4) is 11.5 Å². The summed E-state index contributed by atoms with van der Waals surface area (Å²) in [6, 6.07) is 3.51. The molecule has 0 heterocycles. The highest BCUT2D eigenvalue weighted by Gasteiger charge is 2.19. The molecule has 0 saturated heterocycles. The maximum absolute atomic E-state index is 11.5. The molecule has 0 aromatic heterocycles. The highest BCUT2D eigenvalue weighted by atomic mass is 16.6. The molecule has 1 aromatic carbocycles. The van der Waals surface area contributed by atoms with Gasteiger partial charge in [-0.3, -0.25) is 0 Å². The average Bonchev–Trinajstić information content (AvgIpc) is 2.53. The zero-order valence-corrected chi connectivity index (χ0v) is 13.3. The smallest absolute Gasteiger partial charge is 0.346 e. The maximum atomic E-state index is 11.5. The van der Waals surface area contributed by atoms with Crippen LogP contribution in [0.15, 0.2) is 18.2 Å². The molecule has 0 spiro atoms. The van der Waals surface area contributed by atoms with Gasteiger partial charge in [0.1, 0.15) is 0 Å². The van der Waals surface area contributed by atoms with Crippen LogP contribution in [0.1, 0.15) is 18.1 Å². The average molecular weight is 308 g/mol. The van der Waals surface area contributed by atoms with Crippen molar-refractivity contribution in [1.82, 2.24) is 0 Å². The van der Waals surface area contributed by atoms with E-state index < -0.39 is 18.0 Å².